The smallest absolute Gasteiger partial charge is 0.337 e. The summed E-state index contributed by atoms with van der Waals surface area (Å²) < 4.78 is 3.84. The zero-order chi connectivity index (χ0) is 27.3. The molecule has 8 nitrogen and oxygen atoms in total. The van der Waals surface area contributed by atoms with Gasteiger partial charge in [-0.25, -0.2) is 9.78 Å². The highest BCUT2D eigenvalue weighted by Gasteiger charge is 2.31. The third-order valence-electron chi connectivity index (χ3n) is 7.79. The second-order valence-electron chi connectivity index (χ2n) is 10.5. The van der Waals surface area contributed by atoms with E-state index in [1.807, 2.05) is 53.1 Å². The largest absolute Gasteiger partial charge is 0.478 e. The van der Waals surface area contributed by atoms with Gasteiger partial charge in [0.25, 0.3) is 5.56 Å². The fourth-order valence-corrected chi connectivity index (χ4v) is 6.17. The van der Waals surface area contributed by atoms with Gasteiger partial charge in [-0.1, -0.05) is 55.3 Å². The summed E-state index contributed by atoms with van der Waals surface area (Å²) in [7, 11) is 0. The molecule has 3 heterocycles. The minimum absolute atomic E-state index is 0.0208. The van der Waals surface area contributed by atoms with Crippen LogP contribution in [0.25, 0.3) is 10.9 Å². The third kappa shape index (κ3) is 4.66. The molecule has 1 aromatic heterocycles. The van der Waals surface area contributed by atoms with E-state index in [1.54, 1.807) is 18.2 Å². The molecule has 0 bridgehead atoms. The van der Waals surface area contributed by atoms with Crippen LogP contribution in [0.15, 0.2) is 65.5 Å². The summed E-state index contributed by atoms with van der Waals surface area (Å²) in [5.41, 5.74) is 5.60. The molecule has 0 aliphatic carbocycles. The number of benzene rings is 3. The normalized spacial score (nSPS) is 17.9. The predicted octanol–water partition coefficient (Wildman–Crippen LogP) is 5.19. The second-order valence-corrected chi connectivity index (χ2v) is 11.1. The lowest BCUT2D eigenvalue weighted by molar-refractivity contribution is 0.0698. The molecule has 1 saturated heterocycles. The lowest BCUT2D eigenvalue weighted by Crippen LogP contribution is -2.34. The van der Waals surface area contributed by atoms with Crippen LogP contribution in [0.1, 0.15) is 58.0 Å². The van der Waals surface area contributed by atoms with Crippen LogP contribution in [-0.2, 0) is 13.1 Å². The Hall–Kier alpha value is -3.82. The van der Waals surface area contributed by atoms with Crippen LogP contribution >= 0.6 is 12.8 Å². The highest BCUT2D eigenvalue weighted by molar-refractivity contribution is 7.77. The van der Waals surface area contributed by atoms with Crippen molar-refractivity contribution in [1.82, 2.24) is 13.9 Å². The second kappa shape index (κ2) is 10.1. The van der Waals surface area contributed by atoms with Crippen LogP contribution in [0.3, 0.4) is 0 Å². The lowest BCUT2D eigenvalue weighted by Gasteiger charge is -2.27. The number of thiol groups is 1. The molecular weight excluding hydrogens is 510 g/mol. The maximum absolute atomic E-state index is 14.3. The Labute approximate surface area is 232 Å². The summed E-state index contributed by atoms with van der Waals surface area (Å²) in [6.45, 7) is 6.80. The molecule has 4 aromatic rings. The maximum Gasteiger partial charge on any atom is 0.337 e. The Morgan fingerprint density at radius 2 is 1.79 bits per heavy atom. The van der Waals surface area contributed by atoms with E-state index < -0.39 is 5.97 Å². The van der Waals surface area contributed by atoms with E-state index in [2.05, 4.69) is 35.2 Å². The number of hydrogen-bond acceptors (Lipinski definition) is 7. The third-order valence-corrected chi connectivity index (χ3v) is 8.15. The predicted molar refractivity (Wildman–Crippen MR) is 157 cm³/mol. The first-order valence-corrected chi connectivity index (χ1v) is 13.6. The lowest BCUT2D eigenvalue weighted by atomic mass is 10.0. The van der Waals surface area contributed by atoms with Crippen LogP contribution in [-0.4, -0.2) is 38.0 Å². The van der Waals surface area contributed by atoms with Crippen molar-refractivity contribution in [3.63, 3.8) is 0 Å². The van der Waals surface area contributed by atoms with Gasteiger partial charge in [0.1, 0.15) is 0 Å². The van der Waals surface area contributed by atoms with Gasteiger partial charge in [-0.15, -0.1) is 0 Å². The quantitative estimate of drug-likeness (QED) is 0.290. The van der Waals surface area contributed by atoms with Crippen molar-refractivity contribution in [3.8, 4) is 0 Å². The first-order valence-electron chi connectivity index (χ1n) is 13.2. The Morgan fingerprint density at radius 1 is 1.10 bits per heavy atom. The van der Waals surface area contributed by atoms with E-state index in [9.17, 15) is 14.7 Å². The first-order chi connectivity index (χ1) is 18.8. The van der Waals surface area contributed by atoms with Crippen molar-refractivity contribution >= 4 is 41.3 Å². The van der Waals surface area contributed by atoms with Crippen molar-refractivity contribution < 1.29 is 9.90 Å². The highest BCUT2D eigenvalue weighted by Crippen LogP contribution is 2.34. The molecule has 3 aromatic carbocycles. The summed E-state index contributed by atoms with van der Waals surface area (Å²) in [4.78, 5) is 33.5. The number of aryl methyl sites for hydroxylation is 1. The molecule has 1 fully saturated rings. The Balaban J connectivity index is 1.50. The van der Waals surface area contributed by atoms with Gasteiger partial charge in [-0.05, 0) is 55.2 Å². The zero-order valence-electron chi connectivity index (χ0n) is 22.0. The number of carboxylic acid groups (broad SMARTS) is 1. The number of aromatic carboxylic acids is 1. The molecule has 6 rings (SSSR count). The topological polar surface area (TPSA) is 90.7 Å². The van der Waals surface area contributed by atoms with Crippen molar-refractivity contribution in [1.29, 1.82) is 0 Å². The monoisotopic (exact) mass is 541 g/mol. The van der Waals surface area contributed by atoms with E-state index in [0.717, 1.165) is 24.1 Å². The van der Waals surface area contributed by atoms with E-state index in [4.69, 9.17) is 4.98 Å². The van der Waals surface area contributed by atoms with Crippen LogP contribution in [0.4, 0.5) is 11.6 Å². The average Bonchev–Trinajstić information content (AvgIpc) is 3.54. The van der Waals surface area contributed by atoms with Gasteiger partial charge in [-0.3, -0.25) is 13.7 Å². The molecule has 9 heteroatoms. The molecule has 39 heavy (non-hydrogen) atoms. The van der Waals surface area contributed by atoms with E-state index in [0.29, 0.717) is 42.2 Å². The Kier molecular flexibility index (Phi) is 6.56. The van der Waals surface area contributed by atoms with Crippen molar-refractivity contribution in [2.75, 3.05) is 23.3 Å². The molecular formula is C30H31N5O3S. The fourth-order valence-electron chi connectivity index (χ4n) is 5.87. The number of para-hydroxylation sites is 1. The Morgan fingerprint density at radius 3 is 2.46 bits per heavy atom. The van der Waals surface area contributed by atoms with Gasteiger partial charge in [0.05, 0.1) is 28.6 Å². The summed E-state index contributed by atoms with van der Waals surface area (Å²) in [5, 5.41) is 13.6. The van der Waals surface area contributed by atoms with E-state index >= 15 is 0 Å². The fraction of sp³-hybridized carbons (Fsp3) is 0.300. The zero-order valence-corrected chi connectivity index (χ0v) is 22.9. The van der Waals surface area contributed by atoms with Crippen LogP contribution in [0.5, 0.6) is 0 Å². The van der Waals surface area contributed by atoms with E-state index in [-0.39, 0.29) is 23.2 Å². The van der Waals surface area contributed by atoms with Gasteiger partial charge < -0.3 is 15.3 Å². The number of fused-ring (bicyclic) bond motifs is 2. The molecule has 2 aliphatic rings. The van der Waals surface area contributed by atoms with Gasteiger partial charge in [-0.2, -0.15) is 0 Å². The number of anilines is 2. The molecule has 200 valence electrons. The maximum atomic E-state index is 14.3. The molecule has 0 saturated carbocycles. The number of hydrogen-bond donors (Lipinski definition) is 3. The number of carbonyl (C=O) groups is 1. The molecule has 2 atom stereocenters. The van der Waals surface area contributed by atoms with Gasteiger partial charge >= 0.3 is 5.97 Å². The molecule has 0 spiro atoms. The molecule has 2 N–H and O–H groups in total. The van der Waals surface area contributed by atoms with Crippen molar-refractivity contribution in [2.24, 2.45) is 0 Å². The number of rotatable bonds is 6. The first kappa shape index (κ1) is 25.5. The molecule has 0 amide bonds. The standard InChI is InChI=1S/C30H31N5O3S/c1-18-13-24(19(2)31-26-10-6-5-9-23(26)29(37)38)27-25(14-18)28(36)35(22-11-12-34(39)17-22)30(32-27)33-15-20-7-3-4-8-21(20)16-33/h3-10,13-14,19,22,31,39H,11-12,15-17H2,1-2H3,(H,37,38). The molecule has 2 aliphatic heterocycles. The average molecular weight is 542 g/mol. The van der Waals surface area contributed by atoms with Crippen LogP contribution in [0.2, 0.25) is 0 Å². The van der Waals surface area contributed by atoms with Crippen LogP contribution in [0, 0.1) is 6.92 Å². The number of nitrogens with zero attached hydrogens (tertiary/aromatic N) is 4. The van der Waals surface area contributed by atoms with Gasteiger partial charge in [0, 0.05) is 37.4 Å². The van der Waals surface area contributed by atoms with Crippen LogP contribution < -0.4 is 15.8 Å². The summed E-state index contributed by atoms with van der Waals surface area (Å²) in [5.74, 6) is -0.327. The highest BCUT2D eigenvalue weighted by atomic mass is 32.1. The minimum atomic E-state index is -0.994. The van der Waals surface area contributed by atoms with Gasteiger partial charge in [0.15, 0.2) is 0 Å². The summed E-state index contributed by atoms with van der Waals surface area (Å²) >= 11 is 4.56. The number of carboxylic acids is 1. The van der Waals surface area contributed by atoms with Crippen molar-refractivity contribution in [2.45, 2.75) is 45.4 Å². The summed E-state index contributed by atoms with van der Waals surface area (Å²) in [6, 6.07) is 18.8. The molecule has 2 unspecified atom stereocenters. The molecule has 0 radical (unpaired) electrons. The number of aromatic nitrogens is 2. The Bertz CT molecular complexity index is 1630. The number of nitrogens with one attached hydrogen (secondary N) is 1. The summed E-state index contributed by atoms with van der Waals surface area (Å²) in [6.07, 6.45) is 0.826. The minimum Gasteiger partial charge on any atom is -0.478 e. The van der Waals surface area contributed by atoms with Crippen molar-refractivity contribution in [3.05, 3.63) is 98.8 Å². The SMILES string of the molecule is Cc1cc(C(C)Nc2ccccc2C(=O)O)c2nc(N3Cc4ccccc4C3)n(C3CCN(S)C3)c(=O)c2c1. The van der Waals surface area contributed by atoms with E-state index in [1.165, 1.54) is 11.1 Å². The van der Waals surface area contributed by atoms with Gasteiger partial charge in [0.2, 0.25) is 5.95 Å².